The number of ether oxygens (including phenoxy) is 2. The van der Waals surface area contributed by atoms with Crippen molar-refractivity contribution in [3.8, 4) is 11.5 Å². The van der Waals surface area contributed by atoms with Gasteiger partial charge in [0.25, 0.3) is 5.91 Å². The van der Waals surface area contributed by atoms with Crippen molar-refractivity contribution in [2.24, 2.45) is 0 Å². The largest absolute Gasteiger partial charge is 0.497 e. The molecule has 2 aromatic rings. The van der Waals surface area contributed by atoms with E-state index in [1.807, 2.05) is 0 Å². The van der Waals surface area contributed by atoms with Crippen LogP contribution in [0.2, 0.25) is 0 Å². The Bertz CT molecular complexity index is 963. The zero-order chi connectivity index (χ0) is 19.6. The summed E-state index contributed by atoms with van der Waals surface area (Å²) < 4.78 is 35.2. The number of hydrogen-bond acceptors (Lipinski definition) is 5. The molecule has 0 radical (unpaired) electrons. The van der Waals surface area contributed by atoms with E-state index in [9.17, 15) is 13.2 Å². The number of methoxy groups -OCH3 is 2. The maximum Gasteiger partial charge on any atom is 0.259 e. The van der Waals surface area contributed by atoms with E-state index in [0.29, 0.717) is 22.7 Å². The molecular weight excluding hydrogens is 434 g/mol. The zero-order valence-electron chi connectivity index (χ0n) is 14.8. The van der Waals surface area contributed by atoms with Crippen LogP contribution in [-0.2, 0) is 9.84 Å². The van der Waals surface area contributed by atoms with E-state index in [1.54, 1.807) is 42.5 Å². The van der Waals surface area contributed by atoms with Crippen LogP contribution >= 0.6 is 15.9 Å². The molecule has 0 spiro atoms. The second-order valence-electron chi connectivity index (χ2n) is 5.98. The lowest BCUT2D eigenvalue weighted by molar-refractivity contribution is 0.0982. The Morgan fingerprint density at radius 1 is 1.07 bits per heavy atom. The van der Waals surface area contributed by atoms with Crippen LogP contribution in [0.4, 0.5) is 5.69 Å². The number of amides is 1. The average Bonchev–Trinajstić information content (AvgIpc) is 3.02. The van der Waals surface area contributed by atoms with Crippen LogP contribution in [-0.4, -0.2) is 40.3 Å². The number of sulfone groups is 1. The van der Waals surface area contributed by atoms with Crippen LogP contribution in [0, 0.1) is 0 Å². The summed E-state index contributed by atoms with van der Waals surface area (Å²) in [7, 11) is -0.328. The molecule has 1 amide bonds. The first-order valence-electron chi connectivity index (χ1n) is 8.06. The molecule has 0 N–H and O–H groups in total. The standard InChI is InChI=1S/C19H18BrNO5S/c1-25-17-9-13(10-18(11-17)26-2)19(22)21(15-5-3-14(20)4-6-15)16-7-8-27(23,24)12-16/h3-11,16H,12H2,1-2H3. The van der Waals surface area contributed by atoms with E-state index >= 15 is 0 Å². The van der Waals surface area contributed by atoms with Crippen molar-refractivity contribution < 1.29 is 22.7 Å². The first kappa shape index (κ1) is 19.4. The van der Waals surface area contributed by atoms with E-state index in [1.165, 1.54) is 25.2 Å². The average molecular weight is 452 g/mol. The van der Waals surface area contributed by atoms with Gasteiger partial charge in [-0.2, -0.15) is 0 Å². The third-order valence-electron chi connectivity index (χ3n) is 4.16. The minimum absolute atomic E-state index is 0.157. The Morgan fingerprint density at radius 2 is 1.67 bits per heavy atom. The number of benzene rings is 2. The molecule has 2 aromatic carbocycles. The molecule has 3 rings (SSSR count). The Labute approximate surface area is 166 Å². The summed E-state index contributed by atoms with van der Waals surface area (Å²) in [5.74, 6) is 0.447. The molecule has 27 heavy (non-hydrogen) atoms. The van der Waals surface area contributed by atoms with Crippen LogP contribution in [0.15, 0.2) is 58.4 Å². The third kappa shape index (κ3) is 4.33. The van der Waals surface area contributed by atoms with Crippen LogP contribution in [0.1, 0.15) is 10.4 Å². The van der Waals surface area contributed by atoms with Gasteiger partial charge < -0.3 is 14.4 Å². The molecular formula is C19H18BrNO5S. The van der Waals surface area contributed by atoms with Crippen molar-refractivity contribution in [1.82, 2.24) is 0 Å². The lowest BCUT2D eigenvalue weighted by atomic mass is 10.1. The van der Waals surface area contributed by atoms with Gasteiger partial charge in [-0.15, -0.1) is 0 Å². The highest BCUT2D eigenvalue weighted by Crippen LogP contribution is 2.29. The van der Waals surface area contributed by atoms with Crippen molar-refractivity contribution in [2.75, 3.05) is 24.9 Å². The second kappa shape index (κ2) is 7.74. The Morgan fingerprint density at radius 3 is 2.15 bits per heavy atom. The Hall–Kier alpha value is -2.32. The van der Waals surface area contributed by atoms with Crippen molar-refractivity contribution in [3.05, 3.63) is 64.0 Å². The summed E-state index contributed by atoms with van der Waals surface area (Å²) >= 11 is 3.37. The van der Waals surface area contributed by atoms with Crippen LogP contribution < -0.4 is 14.4 Å². The number of nitrogens with zero attached hydrogens (tertiary/aromatic N) is 1. The molecule has 1 atom stereocenters. The van der Waals surface area contributed by atoms with Gasteiger partial charge >= 0.3 is 0 Å². The van der Waals surface area contributed by atoms with Crippen molar-refractivity contribution in [1.29, 1.82) is 0 Å². The number of hydrogen-bond donors (Lipinski definition) is 0. The van der Waals surface area contributed by atoms with Crippen LogP contribution in [0.3, 0.4) is 0 Å². The first-order chi connectivity index (χ1) is 12.8. The van der Waals surface area contributed by atoms with Crippen molar-refractivity contribution in [3.63, 3.8) is 0 Å². The van der Waals surface area contributed by atoms with Gasteiger partial charge in [0, 0.05) is 27.2 Å². The van der Waals surface area contributed by atoms with Crippen LogP contribution in [0.25, 0.3) is 0 Å². The topological polar surface area (TPSA) is 72.9 Å². The molecule has 1 aliphatic rings. The summed E-state index contributed by atoms with van der Waals surface area (Å²) in [5.41, 5.74) is 0.934. The maximum atomic E-state index is 13.3. The van der Waals surface area contributed by atoms with Crippen LogP contribution in [0.5, 0.6) is 11.5 Å². The summed E-state index contributed by atoms with van der Waals surface area (Å²) in [6.45, 7) is 0. The predicted octanol–water partition coefficient (Wildman–Crippen LogP) is 3.42. The third-order valence-corrected chi connectivity index (χ3v) is 6.07. The number of halogens is 1. The summed E-state index contributed by atoms with van der Waals surface area (Å²) in [6, 6.07) is 11.4. The molecule has 142 valence electrons. The molecule has 1 unspecified atom stereocenters. The molecule has 0 saturated carbocycles. The number of carbonyl (C=O) groups excluding carboxylic acids is 1. The lowest BCUT2D eigenvalue weighted by Crippen LogP contribution is -2.41. The fourth-order valence-corrected chi connectivity index (χ4v) is 4.38. The second-order valence-corrected chi connectivity index (χ2v) is 8.83. The molecule has 0 aliphatic carbocycles. The normalized spacial score (nSPS) is 17.5. The van der Waals surface area contributed by atoms with Gasteiger partial charge in [0.15, 0.2) is 9.84 Å². The van der Waals surface area contributed by atoms with Gasteiger partial charge in [0.2, 0.25) is 0 Å². The number of rotatable bonds is 5. The molecule has 1 aliphatic heterocycles. The van der Waals surface area contributed by atoms with E-state index in [2.05, 4.69) is 15.9 Å². The minimum Gasteiger partial charge on any atom is -0.497 e. The lowest BCUT2D eigenvalue weighted by Gasteiger charge is -2.28. The van der Waals surface area contributed by atoms with E-state index in [-0.39, 0.29) is 11.7 Å². The SMILES string of the molecule is COc1cc(OC)cc(C(=O)N(c2ccc(Br)cc2)C2C=CS(=O)(=O)C2)c1. The summed E-state index contributed by atoms with van der Waals surface area (Å²) in [4.78, 5) is 14.8. The molecule has 0 fully saturated rings. The van der Waals surface area contributed by atoms with Gasteiger partial charge in [0.05, 0.1) is 26.0 Å². The highest BCUT2D eigenvalue weighted by atomic mass is 79.9. The van der Waals surface area contributed by atoms with E-state index in [0.717, 1.165) is 9.88 Å². The zero-order valence-corrected chi connectivity index (χ0v) is 17.2. The fraction of sp³-hybridized carbons (Fsp3) is 0.211. The van der Waals surface area contributed by atoms with Gasteiger partial charge in [-0.05, 0) is 42.5 Å². The molecule has 6 nitrogen and oxygen atoms in total. The molecule has 0 aromatic heterocycles. The number of carbonyl (C=O) groups is 1. The molecule has 0 bridgehead atoms. The minimum atomic E-state index is -3.33. The smallest absolute Gasteiger partial charge is 0.259 e. The highest BCUT2D eigenvalue weighted by molar-refractivity contribution is 9.10. The Kier molecular flexibility index (Phi) is 5.57. The first-order valence-corrected chi connectivity index (χ1v) is 10.6. The summed E-state index contributed by atoms with van der Waals surface area (Å²) in [6.07, 6.45) is 1.53. The van der Waals surface area contributed by atoms with Crippen molar-refractivity contribution in [2.45, 2.75) is 6.04 Å². The predicted molar refractivity (Wildman–Crippen MR) is 107 cm³/mol. The molecule has 8 heteroatoms. The van der Waals surface area contributed by atoms with Gasteiger partial charge in [-0.3, -0.25) is 4.79 Å². The molecule has 1 heterocycles. The monoisotopic (exact) mass is 451 g/mol. The quantitative estimate of drug-likeness (QED) is 0.695. The van der Waals surface area contributed by atoms with Gasteiger partial charge in [0.1, 0.15) is 11.5 Å². The van der Waals surface area contributed by atoms with E-state index in [4.69, 9.17) is 9.47 Å². The molecule has 0 saturated heterocycles. The maximum absolute atomic E-state index is 13.3. The van der Waals surface area contributed by atoms with Crippen molar-refractivity contribution >= 4 is 37.4 Å². The highest BCUT2D eigenvalue weighted by Gasteiger charge is 2.32. The number of anilines is 1. The Balaban J connectivity index is 2.06. The van der Waals surface area contributed by atoms with Gasteiger partial charge in [-0.1, -0.05) is 15.9 Å². The van der Waals surface area contributed by atoms with E-state index < -0.39 is 15.9 Å². The van der Waals surface area contributed by atoms with Gasteiger partial charge in [-0.25, -0.2) is 8.42 Å². The summed E-state index contributed by atoms with van der Waals surface area (Å²) in [5, 5.41) is 1.16. The fourth-order valence-electron chi connectivity index (χ4n) is 2.85.